The SMILES string of the molecule is Cc1cc(-c2n[nH]c(CN)n2)cc(C)c1O. The average Bonchev–Trinajstić information content (AvgIpc) is 2.73. The van der Waals surface area contributed by atoms with Crippen LogP contribution < -0.4 is 5.73 Å². The molecule has 84 valence electrons. The molecule has 1 aromatic heterocycles. The number of aromatic hydroxyl groups is 1. The van der Waals surface area contributed by atoms with Crippen molar-refractivity contribution >= 4 is 0 Å². The number of phenolic OH excluding ortho intramolecular Hbond substituents is 1. The predicted molar refractivity (Wildman–Crippen MR) is 60.8 cm³/mol. The average molecular weight is 218 g/mol. The third-order valence-electron chi connectivity index (χ3n) is 2.47. The van der Waals surface area contributed by atoms with Gasteiger partial charge >= 0.3 is 0 Å². The minimum absolute atomic E-state index is 0.318. The number of aromatic nitrogens is 3. The summed E-state index contributed by atoms with van der Waals surface area (Å²) in [6.45, 7) is 4.04. The molecular weight excluding hydrogens is 204 g/mol. The van der Waals surface area contributed by atoms with E-state index < -0.39 is 0 Å². The molecule has 0 aliphatic carbocycles. The number of H-pyrrole nitrogens is 1. The van der Waals surface area contributed by atoms with Gasteiger partial charge in [0.05, 0.1) is 6.54 Å². The first-order chi connectivity index (χ1) is 7.61. The normalized spacial score (nSPS) is 10.7. The molecule has 0 amide bonds. The van der Waals surface area contributed by atoms with E-state index in [1.165, 1.54) is 0 Å². The molecule has 5 heteroatoms. The Balaban J connectivity index is 2.48. The Morgan fingerprint density at radius 1 is 1.31 bits per heavy atom. The summed E-state index contributed by atoms with van der Waals surface area (Å²) in [6.07, 6.45) is 0. The Morgan fingerprint density at radius 3 is 2.44 bits per heavy atom. The molecule has 0 aliphatic rings. The molecule has 0 spiro atoms. The van der Waals surface area contributed by atoms with Gasteiger partial charge in [0.15, 0.2) is 5.82 Å². The van der Waals surface area contributed by atoms with Gasteiger partial charge in [-0.3, -0.25) is 5.10 Å². The van der Waals surface area contributed by atoms with Crippen molar-refractivity contribution in [2.75, 3.05) is 0 Å². The van der Waals surface area contributed by atoms with Gasteiger partial charge in [-0.05, 0) is 37.1 Å². The van der Waals surface area contributed by atoms with Crippen LogP contribution in [0.4, 0.5) is 0 Å². The lowest BCUT2D eigenvalue weighted by atomic mass is 10.1. The Labute approximate surface area is 93.3 Å². The first kappa shape index (κ1) is 10.6. The quantitative estimate of drug-likeness (QED) is 0.708. The number of aromatic amines is 1. The highest BCUT2D eigenvalue weighted by Crippen LogP contribution is 2.27. The van der Waals surface area contributed by atoms with Crippen LogP contribution in [0.1, 0.15) is 17.0 Å². The van der Waals surface area contributed by atoms with E-state index in [2.05, 4.69) is 15.2 Å². The number of hydrogen-bond acceptors (Lipinski definition) is 4. The number of nitrogens with two attached hydrogens (primary N) is 1. The van der Waals surface area contributed by atoms with Crippen LogP contribution in [0, 0.1) is 13.8 Å². The molecule has 16 heavy (non-hydrogen) atoms. The molecule has 2 aromatic rings. The maximum absolute atomic E-state index is 9.66. The maximum Gasteiger partial charge on any atom is 0.181 e. The second kappa shape index (κ2) is 3.94. The van der Waals surface area contributed by atoms with Crippen molar-refractivity contribution in [2.24, 2.45) is 5.73 Å². The Hall–Kier alpha value is -1.88. The fourth-order valence-corrected chi connectivity index (χ4v) is 1.60. The summed E-state index contributed by atoms with van der Waals surface area (Å²) >= 11 is 0. The number of nitrogens with one attached hydrogen (secondary N) is 1. The van der Waals surface area contributed by atoms with E-state index in [0.717, 1.165) is 16.7 Å². The van der Waals surface area contributed by atoms with E-state index in [-0.39, 0.29) is 0 Å². The van der Waals surface area contributed by atoms with Gasteiger partial charge in [0.2, 0.25) is 0 Å². The summed E-state index contributed by atoms with van der Waals surface area (Å²) in [5.41, 5.74) is 7.96. The van der Waals surface area contributed by atoms with Gasteiger partial charge in [-0.2, -0.15) is 5.10 Å². The molecule has 0 atom stereocenters. The van der Waals surface area contributed by atoms with Crippen molar-refractivity contribution in [1.29, 1.82) is 0 Å². The second-order valence-electron chi connectivity index (χ2n) is 3.77. The summed E-state index contributed by atoms with van der Waals surface area (Å²) in [5, 5.41) is 16.5. The third-order valence-corrected chi connectivity index (χ3v) is 2.47. The zero-order valence-corrected chi connectivity index (χ0v) is 9.28. The first-order valence-corrected chi connectivity index (χ1v) is 5.03. The fraction of sp³-hybridized carbons (Fsp3) is 0.273. The maximum atomic E-state index is 9.66. The van der Waals surface area contributed by atoms with Crippen molar-refractivity contribution in [3.05, 3.63) is 29.1 Å². The Morgan fingerprint density at radius 2 is 1.94 bits per heavy atom. The van der Waals surface area contributed by atoms with Gasteiger partial charge in [0.1, 0.15) is 11.6 Å². The van der Waals surface area contributed by atoms with Crippen molar-refractivity contribution in [3.8, 4) is 17.1 Å². The summed E-state index contributed by atoms with van der Waals surface area (Å²) < 4.78 is 0. The summed E-state index contributed by atoms with van der Waals surface area (Å²) in [6, 6.07) is 3.71. The van der Waals surface area contributed by atoms with Crippen molar-refractivity contribution in [1.82, 2.24) is 15.2 Å². The van der Waals surface area contributed by atoms with Crippen molar-refractivity contribution < 1.29 is 5.11 Å². The predicted octanol–water partition coefficient (Wildman–Crippen LogP) is 1.25. The molecule has 1 aromatic carbocycles. The van der Waals surface area contributed by atoms with Crippen LogP contribution in [0.2, 0.25) is 0 Å². The topological polar surface area (TPSA) is 87.8 Å². The smallest absolute Gasteiger partial charge is 0.181 e. The molecule has 4 N–H and O–H groups in total. The molecule has 0 unspecified atom stereocenters. The molecule has 0 aliphatic heterocycles. The number of rotatable bonds is 2. The molecule has 0 radical (unpaired) electrons. The summed E-state index contributed by atoms with van der Waals surface area (Å²) in [5.74, 6) is 1.57. The van der Waals surface area contributed by atoms with E-state index in [1.54, 1.807) is 0 Å². The number of nitrogens with zero attached hydrogens (tertiary/aromatic N) is 2. The lowest BCUT2D eigenvalue weighted by Gasteiger charge is -2.04. The highest BCUT2D eigenvalue weighted by Gasteiger charge is 2.09. The lowest BCUT2D eigenvalue weighted by Crippen LogP contribution is -1.97. The van der Waals surface area contributed by atoms with Gasteiger partial charge in [-0.25, -0.2) is 4.98 Å². The largest absolute Gasteiger partial charge is 0.507 e. The van der Waals surface area contributed by atoms with Crippen LogP contribution in [0.3, 0.4) is 0 Å². The number of aryl methyl sites for hydroxylation is 2. The van der Waals surface area contributed by atoms with Gasteiger partial charge in [-0.1, -0.05) is 0 Å². The first-order valence-electron chi connectivity index (χ1n) is 5.03. The highest BCUT2D eigenvalue weighted by atomic mass is 16.3. The van der Waals surface area contributed by atoms with Crippen LogP contribution in [-0.2, 0) is 6.54 Å². The van der Waals surface area contributed by atoms with Crippen molar-refractivity contribution in [2.45, 2.75) is 20.4 Å². The monoisotopic (exact) mass is 218 g/mol. The van der Waals surface area contributed by atoms with E-state index >= 15 is 0 Å². The van der Waals surface area contributed by atoms with Gasteiger partial charge in [0.25, 0.3) is 0 Å². The molecular formula is C11H14N4O. The number of benzene rings is 1. The van der Waals surface area contributed by atoms with Crippen LogP contribution in [0.15, 0.2) is 12.1 Å². The number of hydrogen-bond donors (Lipinski definition) is 3. The van der Waals surface area contributed by atoms with E-state index in [9.17, 15) is 5.11 Å². The Kier molecular flexibility index (Phi) is 2.62. The lowest BCUT2D eigenvalue weighted by molar-refractivity contribution is 0.467. The number of phenols is 1. The van der Waals surface area contributed by atoms with E-state index in [1.807, 2.05) is 26.0 Å². The van der Waals surface area contributed by atoms with Crippen LogP contribution >= 0.6 is 0 Å². The minimum Gasteiger partial charge on any atom is -0.507 e. The molecule has 0 saturated carbocycles. The van der Waals surface area contributed by atoms with E-state index in [4.69, 9.17) is 5.73 Å². The van der Waals surface area contributed by atoms with Crippen LogP contribution in [0.5, 0.6) is 5.75 Å². The Bertz CT molecular complexity index is 495. The zero-order valence-electron chi connectivity index (χ0n) is 9.28. The molecule has 2 rings (SSSR count). The molecule has 0 bridgehead atoms. The van der Waals surface area contributed by atoms with Crippen LogP contribution in [-0.4, -0.2) is 20.3 Å². The zero-order chi connectivity index (χ0) is 11.7. The van der Waals surface area contributed by atoms with Gasteiger partial charge in [0, 0.05) is 5.56 Å². The summed E-state index contributed by atoms with van der Waals surface area (Å²) in [4.78, 5) is 4.24. The minimum atomic E-state index is 0.318. The van der Waals surface area contributed by atoms with Crippen LogP contribution in [0.25, 0.3) is 11.4 Å². The van der Waals surface area contributed by atoms with Gasteiger partial charge < -0.3 is 10.8 Å². The second-order valence-corrected chi connectivity index (χ2v) is 3.77. The van der Waals surface area contributed by atoms with Crippen molar-refractivity contribution in [3.63, 3.8) is 0 Å². The van der Waals surface area contributed by atoms with Gasteiger partial charge in [-0.15, -0.1) is 0 Å². The molecule has 0 saturated heterocycles. The third kappa shape index (κ3) is 1.77. The highest BCUT2D eigenvalue weighted by molar-refractivity contribution is 5.60. The standard InChI is InChI=1S/C11H14N4O/c1-6-3-8(4-7(2)10(6)16)11-13-9(5-12)14-15-11/h3-4,16H,5,12H2,1-2H3,(H,13,14,15). The van der Waals surface area contributed by atoms with E-state index in [0.29, 0.717) is 23.9 Å². The summed E-state index contributed by atoms with van der Waals surface area (Å²) in [7, 11) is 0. The molecule has 5 nitrogen and oxygen atoms in total. The molecule has 0 fully saturated rings. The molecule has 1 heterocycles. The fourth-order valence-electron chi connectivity index (χ4n) is 1.60.